The average Bonchev–Trinajstić information content (AvgIpc) is 2.76. The molecule has 0 spiro atoms. The summed E-state index contributed by atoms with van der Waals surface area (Å²) in [4.78, 5) is 22.3. The number of benzene rings is 2. The molecule has 2 aromatic carbocycles. The zero-order chi connectivity index (χ0) is 22.0. The molecule has 1 N–H and O–H groups in total. The van der Waals surface area contributed by atoms with E-state index in [2.05, 4.69) is 15.3 Å². The Labute approximate surface area is 178 Å². The predicted molar refractivity (Wildman–Crippen MR) is 113 cm³/mol. The summed E-state index contributed by atoms with van der Waals surface area (Å²) in [5, 5.41) is 2.94. The second-order valence-electron chi connectivity index (χ2n) is 7.85. The lowest BCUT2D eigenvalue weighted by Crippen LogP contribution is -2.41. The zero-order valence-electron chi connectivity index (χ0n) is 17.1. The van der Waals surface area contributed by atoms with Crippen molar-refractivity contribution in [1.29, 1.82) is 0 Å². The van der Waals surface area contributed by atoms with E-state index in [4.69, 9.17) is 0 Å². The van der Waals surface area contributed by atoms with Gasteiger partial charge in [0.2, 0.25) is 5.91 Å². The molecule has 0 bridgehead atoms. The first-order valence-electron chi connectivity index (χ1n) is 10.2. The molecule has 1 fully saturated rings. The summed E-state index contributed by atoms with van der Waals surface area (Å²) in [6, 6.07) is 14.4. The summed E-state index contributed by atoms with van der Waals surface area (Å²) in [5.74, 6) is -0.463. The first kappa shape index (κ1) is 21.1. The van der Waals surface area contributed by atoms with Crippen molar-refractivity contribution < 1.29 is 18.0 Å². The van der Waals surface area contributed by atoms with E-state index < -0.39 is 11.9 Å². The van der Waals surface area contributed by atoms with Crippen LogP contribution in [-0.2, 0) is 17.5 Å². The topological polar surface area (TPSA) is 58.1 Å². The Kier molecular flexibility index (Phi) is 5.80. The molecule has 162 valence electrons. The number of carbonyl (C=O) groups excluding carboxylic acids is 1. The molecular weight excluding hydrogens is 405 g/mol. The summed E-state index contributed by atoms with van der Waals surface area (Å²) < 4.78 is 40.9. The molecule has 8 heteroatoms. The van der Waals surface area contributed by atoms with E-state index in [1.807, 2.05) is 31.2 Å². The van der Waals surface area contributed by atoms with E-state index >= 15 is 0 Å². The summed E-state index contributed by atoms with van der Waals surface area (Å²) in [7, 11) is 0. The number of halogens is 3. The van der Waals surface area contributed by atoms with Gasteiger partial charge in [-0.3, -0.25) is 4.79 Å². The number of rotatable bonds is 4. The zero-order valence-corrected chi connectivity index (χ0v) is 17.1. The van der Waals surface area contributed by atoms with Crippen LogP contribution in [0.1, 0.15) is 29.7 Å². The number of anilines is 1. The number of nitrogens with zero attached hydrogens (tertiary/aromatic N) is 3. The van der Waals surface area contributed by atoms with Gasteiger partial charge < -0.3 is 10.2 Å². The molecule has 1 saturated heterocycles. The molecule has 2 heterocycles. The molecule has 3 aromatic rings. The maximum Gasteiger partial charge on any atom is 0.437 e. The molecule has 5 nitrogen and oxygen atoms in total. The SMILES string of the molecule is Cc1cccc(CNC(=O)C2CCN(c3nc4ccccc4nc3C(F)(F)F)CC2)c1. The second kappa shape index (κ2) is 8.53. The van der Waals surface area contributed by atoms with E-state index in [-0.39, 0.29) is 23.2 Å². The molecule has 1 aliphatic heterocycles. The van der Waals surface area contributed by atoms with Gasteiger partial charge in [-0.1, -0.05) is 42.0 Å². The van der Waals surface area contributed by atoms with Gasteiger partial charge in [0.1, 0.15) is 0 Å². The lowest BCUT2D eigenvalue weighted by molar-refractivity contribution is -0.140. The van der Waals surface area contributed by atoms with Crippen LogP contribution in [-0.4, -0.2) is 29.0 Å². The molecule has 0 aliphatic carbocycles. The highest BCUT2D eigenvalue weighted by molar-refractivity contribution is 5.79. The monoisotopic (exact) mass is 428 g/mol. The fourth-order valence-electron chi connectivity index (χ4n) is 3.91. The fraction of sp³-hybridized carbons (Fsp3) is 0.348. The summed E-state index contributed by atoms with van der Waals surface area (Å²) in [5.41, 5.74) is 1.80. The molecule has 4 rings (SSSR count). The molecular formula is C23H23F3N4O. The number of alkyl halides is 3. The lowest BCUT2D eigenvalue weighted by atomic mass is 9.95. The van der Waals surface area contributed by atoms with Crippen molar-refractivity contribution in [2.75, 3.05) is 18.0 Å². The van der Waals surface area contributed by atoms with Crippen molar-refractivity contribution in [2.45, 2.75) is 32.5 Å². The van der Waals surface area contributed by atoms with Crippen LogP contribution in [0.4, 0.5) is 19.0 Å². The quantitative estimate of drug-likeness (QED) is 0.665. The first-order chi connectivity index (χ1) is 14.8. The maximum atomic E-state index is 13.6. The number of carbonyl (C=O) groups is 1. The molecule has 0 unspecified atom stereocenters. The number of piperidine rings is 1. The van der Waals surface area contributed by atoms with E-state index in [0.717, 1.165) is 11.1 Å². The minimum Gasteiger partial charge on any atom is -0.355 e. The Bertz CT molecular complexity index is 1090. The second-order valence-corrected chi connectivity index (χ2v) is 7.85. The van der Waals surface area contributed by atoms with Gasteiger partial charge in [0, 0.05) is 25.6 Å². The Morgan fingerprint density at radius 2 is 1.74 bits per heavy atom. The highest BCUT2D eigenvalue weighted by Gasteiger charge is 2.39. The number of fused-ring (bicyclic) bond motifs is 1. The Morgan fingerprint density at radius 3 is 2.39 bits per heavy atom. The molecule has 31 heavy (non-hydrogen) atoms. The third kappa shape index (κ3) is 4.78. The van der Waals surface area contributed by atoms with Gasteiger partial charge in [0.25, 0.3) is 0 Å². The number of hydrogen-bond donors (Lipinski definition) is 1. The molecule has 1 aromatic heterocycles. The van der Waals surface area contributed by atoms with E-state index in [9.17, 15) is 18.0 Å². The highest BCUT2D eigenvalue weighted by atomic mass is 19.4. The van der Waals surface area contributed by atoms with E-state index in [0.29, 0.717) is 38.0 Å². The third-order valence-electron chi connectivity index (χ3n) is 5.54. The van der Waals surface area contributed by atoms with Gasteiger partial charge in [0.15, 0.2) is 11.5 Å². The van der Waals surface area contributed by atoms with Crippen molar-refractivity contribution in [3.05, 3.63) is 65.4 Å². The smallest absolute Gasteiger partial charge is 0.355 e. The van der Waals surface area contributed by atoms with Crippen LogP contribution in [0.25, 0.3) is 11.0 Å². The van der Waals surface area contributed by atoms with Crippen molar-refractivity contribution >= 4 is 22.8 Å². The number of aryl methyl sites for hydroxylation is 1. The van der Waals surface area contributed by atoms with Crippen LogP contribution in [0.2, 0.25) is 0 Å². The van der Waals surface area contributed by atoms with Crippen LogP contribution >= 0.6 is 0 Å². The number of aromatic nitrogens is 2. The van der Waals surface area contributed by atoms with E-state index in [1.54, 1.807) is 23.1 Å². The molecule has 0 saturated carbocycles. The van der Waals surface area contributed by atoms with Gasteiger partial charge in [0.05, 0.1) is 11.0 Å². The Hall–Kier alpha value is -3.16. The van der Waals surface area contributed by atoms with Crippen molar-refractivity contribution in [2.24, 2.45) is 5.92 Å². The van der Waals surface area contributed by atoms with E-state index in [1.165, 1.54) is 6.07 Å². The molecule has 0 atom stereocenters. The van der Waals surface area contributed by atoms with Crippen molar-refractivity contribution in [3.63, 3.8) is 0 Å². The largest absolute Gasteiger partial charge is 0.437 e. The normalized spacial score (nSPS) is 15.3. The van der Waals surface area contributed by atoms with Gasteiger partial charge in [-0.25, -0.2) is 9.97 Å². The standard InChI is InChI=1S/C23H23F3N4O/c1-15-5-4-6-16(13-15)14-27-22(31)17-9-11-30(12-10-17)21-20(23(24,25)26)28-18-7-2-3-8-19(18)29-21/h2-8,13,17H,9-12,14H2,1H3,(H,27,31). The molecule has 1 aliphatic rings. The predicted octanol–water partition coefficient (Wildman–Crippen LogP) is 4.49. The van der Waals surface area contributed by atoms with Gasteiger partial charge >= 0.3 is 6.18 Å². The van der Waals surface area contributed by atoms with Crippen molar-refractivity contribution in [1.82, 2.24) is 15.3 Å². The minimum absolute atomic E-state index is 0.0678. The van der Waals surface area contributed by atoms with Crippen LogP contribution in [0.15, 0.2) is 48.5 Å². The maximum absolute atomic E-state index is 13.6. The minimum atomic E-state index is -4.60. The lowest BCUT2D eigenvalue weighted by Gasteiger charge is -2.33. The summed E-state index contributed by atoms with van der Waals surface area (Å²) in [6.07, 6.45) is -3.68. The average molecular weight is 428 g/mol. The van der Waals surface area contributed by atoms with Crippen LogP contribution < -0.4 is 10.2 Å². The summed E-state index contributed by atoms with van der Waals surface area (Å²) >= 11 is 0. The number of amides is 1. The molecule has 0 radical (unpaired) electrons. The fourth-order valence-corrected chi connectivity index (χ4v) is 3.91. The third-order valence-corrected chi connectivity index (χ3v) is 5.54. The Morgan fingerprint density at radius 1 is 1.06 bits per heavy atom. The van der Waals surface area contributed by atoms with Gasteiger partial charge in [-0.05, 0) is 37.5 Å². The summed E-state index contributed by atoms with van der Waals surface area (Å²) in [6.45, 7) is 3.07. The highest BCUT2D eigenvalue weighted by Crippen LogP contribution is 2.36. The van der Waals surface area contributed by atoms with Gasteiger partial charge in [-0.15, -0.1) is 0 Å². The number of para-hydroxylation sites is 2. The van der Waals surface area contributed by atoms with Crippen LogP contribution in [0.5, 0.6) is 0 Å². The van der Waals surface area contributed by atoms with Crippen LogP contribution in [0.3, 0.4) is 0 Å². The number of hydrogen-bond acceptors (Lipinski definition) is 4. The van der Waals surface area contributed by atoms with Gasteiger partial charge in [-0.2, -0.15) is 13.2 Å². The van der Waals surface area contributed by atoms with Crippen LogP contribution in [0, 0.1) is 12.8 Å². The number of nitrogens with one attached hydrogen (secondary N) is 1. The molecule has 1 amide bonds. The first-order valence-corrected chi connectivity index (χ1v) is 10.2. The Balaban J connectivity index is 1.44. The van der Waals surface area contributed by atoms with Crippen molar-refractivity contribution in [3.8, 4) is 0 Å².